The molecule has 0 saturated carbocycles. The summed E-state index contributed by atoms with van der Waals surface area (Å²) in [4.78, 5) is 15.6. The molecule has 182 valence electrons. The minimum atomic E-state index is -3.73. The molecule has 2 aliphatic rings. The first-order valence-corrected chi connectivity index (χ1v) is 13.4. The first kappa shape index (κ1) is 23.7. The number of nitrogens with zero attached hydrogens (tertiary/aromatic N) is 2. The quantitative estimate of drug-likeness (QED) is 0.548. The molecular weight excluding hydrogens is 460 g/mol. The second-order valence-corrected chi connectivity index (χ2v) is 11.4. The van der Waals surface area contributed by atoms with E-state index in [0.29, 0.717) is 31.7 Å². The Hall–Kier alpha value is -3.00. The van der Waals surface area contributed by atoms with Gasteiger partial charge in [-0.05, 0) is 48.7 Å². The fraction of sp³-hybridized carbons (Fsp3) is 0.321. The number of hydrogen-bond acceptors (Lipinski definition) is 4. The van der Waals surface area contributed by atoms with Gasteiger partial charge in [-0.25, -0.2) is 8.42 Å². The Kier molecular flexibility index (Phi) is 6.49. The highest BCUT2D eigenvalue weighted by Gasteiger charge is 2.34. The average Bonchev–Trinajstić information content (AvgIpc) is 2.87. The van der Waals surface area contributed by atoms with Gasteiger partial charge in [0.25, 0.3) is 5.91 Å². The highest BCUT2D eigenvalue weighted by molar-refractivity contribution is 7.89. The number of fused-ring (bicyclic) bond motifs is 1. The summed E-state index contributed by atoms with van der Waals surface area (Å²) in [7, 11) is -3.73. The highest BCUT2D eigenvalue weighted by Crippen LogP contribution is 2.34. The third-order valence-corrected chi connectivity index (χ3v) is 8.62. The van der Waals surface area contributed by atoms with Gasteiger partial charge in [0.05, 0.1) is 17.1 Å². The van der Waals surface area contributed by atoms with Crippen LogP contribution in [-0.4, -0.2) is 55.4 Å². The van der Waals surface area contributed by atoms with Gasteiger partial charge in [0.2, 0.25) is 10.0 Å². The van der Waals surface area contributed by atoms with Gasteiger partial charge in [-0.3, -0.25) is 4.79 Å². The summed E-state index contributed by atoms with van der Waals surface area (Å²) in [6, 6.07) is 24.8. The fourth-order valence-electron chi connectivity index (χ4n) is 5.18. The van der Waals surface area contributed by atoms with Crippen molar-refractivity contribution in [3.63, 3.8) is 0 Å². The van der Waals surface area contributed by atoms with Crippen LogP contribution in [0.1, 0.15) is 46.8 Å². The molecule has 1 saturated heterocycles. The van der Waals surface area contributed by atoms with Gasteiger partial charge < -0.3 is 9.64 Å². The Morgan fingerprint density at radius 3 is 2.29 bits per heavy atom. The number of sulfonamides is 1. The third-order valence-electron chi connectivity index (χ3n) is 6.79. The summed E-state index contributed by atoms with van der Waals surface area (Å²) in [6.07, 6.45) is -0.358. The van der Waals surface area contributed by atoms with Crippen LogP contribution in [0.15, 0.2) is 83.8 Å². The molecule has 3 unspecified atom stereocenters. The lowest BCUT2D eigenvalue weighted by molar-refractivity contribution is -0.0440. The number of ether oxygens (including phenoxy) is 1. The monoisotopic (exact) mass is 490 g/mol. The third kappa shape index (κ3) is 4.76. The van der Waals surface area contributed by atoms with Gasteiger partial charge in [-0.2, -0.15) is 4.31 Å². The van der Waals surface area contributed by atoms with Crippen LogP contribution in [0.4, 0.5) is 0 Å². The van der Waals surface area contributed by atoms with Crippen molar-refractivity contribution in [1.29, 1.82) is 0 Å². The first-order chi connectivity index (χ1) is 16.8. The first-order valence-electron chi connectivity index (χ1n) is 12.0. The smallest absolute Gasteiger partial charge is 0.254 e. The SMILES string of the molecule is CC1CN(S(=O)(=O)c2cccc(C(=O)N3Cc4ccccc4C(c4ccccc4)C3)c2)CC(C)O1. The molecule has 0 N–H and O–H groups in total. The number of hydrogen-bond donors (Lipinski definition) is 0. The van der Waals surface area contributed by atoms with Crippen LogP contribution in [0.25, 0.3) is 0 Å². The van der Waals surface area contributed by atoms with Crippen LogP contribution < -0.4 is 0 Å². The zero-order valence-electron chi connectivity index (χ0n) is 20.0. The Morgan fingerprint density at radius 2 is 1.54 bits per heavy atom. The normalized spacial score (nSPS) is 23.0. The zero-order chi connectivity index (χ0) is 24.6. The summed E-state index contributed by atoms with van der Waals surface area (Å²) in [5.41, 5.74) is 3.88. The van der Waals surface area contributed by atoms with Crippen molar-refractivity contribution in [2.45, 2.75) is 43.4 Å². The van der Waals surface area contributed by atoms with E-state index in [1.54, 1.807) is 18.2 Å². The molecule has 3 aromatic carbocycles. The highest BCUT2D eigenvalue weighted by atomic mass is 32.2. The Balaban J connectivity index is 1.44. The Bertz CT molecular complexity index is 1320. The molecule has 0 radical (unpaired) electrons. The summed E-state index contributed by atoms with van der Waals surface area (Å²) in [6.45, 7) is 5.37. The van der Waals surface area contributed by atoms with Crippen molar-refractivity contribution >= 4 is 15.9 Å². The van der Waals surface area contributed by atoms with Gasteiger partial charge in [0.1, 0.15) is 0 Å². The van der Waals surface area contributed by atoms with E-state index in [1.165, 1.54) is 15.9 Å². The average molecular weight is 491 g/mol. The molecule has 5 rings (SSSR count). The van der Waals surface area contributed by atoms with Crippen LogP contribution in [-0.2, 0) is 21.3 Å². The molecule has 3 atom stereocenters. The van der Waals surface area contributed by atoms with Crippen molar-refractivity contribution in [2.75, 3.05) is 19.6 Å². The number of morpholine rings is 1. The summed E-state index contributed by atoms with van der Waals surface area (Å²) in [5.74, 6) is -0.102. The lowest BCUT2D eigenvalue weighted by Crippen LogP contribution is -2.48. The molecule has 0 aliphatic carbocycles. The summed E-state index contributed by atoms with van der Waals surface area (Å²) in [5, 5.41) is 0. The molecule has 6 nitrogen and oxygen atoms in total. The molecule has 2 aliphatic heterocycles. The Morgan fingerprint density at radius 1 is 0.857 bits per heavy atom. The van der Waals surface area contributed by atoms with Crippen molar-refractivity contribution in [2.24, 2.45) is 0 Å². The van der Waals surface area contributed by atoms with Crippen LogP contribution in [0, 0.1) is 0 Å². The van der Waals surface area contributed by atoms with E-state index in [2.05, 4.69) is 24.3 Å². The molecule has 2 heterocycles. The second kappa shape index (κ2) is 9.57. The van der Waals surface area contributed by atoms with Gasteiger partial charge in [0.15, 0.2) is 0 Å². The summed E-state index contributed by atoms with van der Waals surface area (Å²) >= 11 is 0. The molecule has 1 amide bonds. The van der Waals surface area contributed by atoms with E-state index in [1.807, 2.05) is 49.1 Å². The molecule has 0 bridgehead atoms. The van der Waals surface area contributed by atoms with Crippen molar-refractivity contribution in [1.82, 2.24) is 9.21 Å². The number of benzene rings is 3. The Labute approximate surface area is 207 Å². The van der Waals surface area contributed by atoms with E-state index in [4.69, 9.17) is 4.74 Å². The van der Waals surface area contributed by atoms with Crippen LogP contribution >= 0.6 is 0 Å². The van der Waals surface area contributed by atoms with Crippen molar-refractivity contribution in [3.8, 4) is 0 Å². The molecule has 35 heavy (non-hydrogen) atoms. The predicted octanol–water partition coefficient (Wildman–Crippen LogP) is 4.27. The van der Waals surface area contributed by atoms with Gasteiger partial charge in [-0.15, -0.1) is 0 Å². The lowest BCUT2D eigenvalue weighted by atomic mass is 9.84. The summed E-state index contributed by atoms with van der Waals surface area (Å²) < 4.78 is 33.9. The fourth-order valence-corrected chi connectivity index (χ4v) is 6.82. The van der Waals surface area contributed by atoms with Gasteiger partial charge in [-0.1, -0.05) is 60.7 Å². The number of carbonyl (C=O) groups excluding carboxylic acids is 1. The minimum absolute atomic E-state index is 0.0633. The minimum Gasteiger partial charge on any atom is -0.373 e. The number of rotatable bonds is 4. The van der Waals surface area contributed by atoms with Crippen molar-refractivity contribution < 1.29 is 17.9 Å². The van der Waals surface area contributed by atoms with E-state index in [9.17, 15) is 13.2 Å². The predicted molar refractivity (Wildman–Crippen MR) is 135 cm³/mol. The maximum absolute atomic E-state index is 13.6. The lowest BCUT2D eigenvalue weighted by Gasteiger charge is -2.35. The van der Waals surface area contributed by atoms with Crippen molar-refractivity contribution in [3.05, 3.63) is 101 Å². The maximum Gasteiger partial charge on any atom is 0.254 e. The van der Waals surface area contributed by atoms with E-state index >= 15 is 0 Å². The number of carbonyl (C=O) groups is 1. The van der Waals surface area contributed by atoms with Crippen LogP contribution in [0.2, 0.25) is 0 Å². The topological polar surface area (TPSA) is 66.9 Å². The van der Waals surface area contributed by atoms with Crippen LogP contribution in [0.3, 0.4) is 0 Å². The molecular formula is C28H30N2O4S. The van der Waals surface area contributed by atoms with E-state index in [0.717, 1.165) is 11.1 Å². The van der Waals surface area contributed by atoms with Gasteiger partial charge in [0, 0.05) is 37.7 Å². The van der Waals surface area contributed by atoms with Gasteiger partial charge >= 0.3 is 0 Å². The molecule has 3 aromatic rings. The maximum atomic E-state index is 13.6. The van der Waals surface area contributed by atoms with E-state index < -0.39 is 10.0 Å². The van der Waals surface area contributed by atoms with Crippen LogP contribution in [0.5, 0.6) is 0 Å². The molecule has 0 spiro atoms. The molecule has 7 heteroatoms. The standard InChI is InChI=1S/C28H30N2O4S/c1-20-16-30(17-21(2)34-20)35(32,33)25-13-8-12-23(15-25)28(31)29-18-24-11-6-7-14-26(24)27(19-29)22-9-4-3-5-10-22/h3-15,20-21,27H,16-19H2,1-2H3. The molecule has 0 aromatic heterocycles. The zero-order valence-corrected chi connectivity index (χ0v) is 20.8. The second-order valence-electron chi connectivity index (χ2n) is 9.45. The largest absolute Gasteiger partial charge is 0.373 e. The number of amides is 1. The molecule has 1 fully saturated rings. The van der Waals surface area contributed by atoms with E-state index in [-0.39, 0.29) is 28.9 Å².